The number of esters is 1. The molecule has 0 bridgehead atoms. The van der Waals surface area contributed by atoms with Gasteiger partial charge in [0.1, 0.15) is 6.61 Å². The van der Waals surface area contributed by atoms with Gasteiger partial charge in [-0.1, -0.05) is 41.4 Å². The van der Waals surface area contributed by atoms with Crippen molar-refractivity contribution in [3.05, 3.63) is 63.1 Å². The SMILES string of the molecule is Cc1cccc(N)c1C(=O)OCc1ccc(Cl)c(Cl)c1. The van der Waals surface area contributed by atoms with Crippen molar-refractivity contribution >= 4 is 34.9 Å². The molecule has 20 heavy (non-hydrogen) atoms. The number of ether oxygens (including phenoxy) is 1. The number of carbonyl (C=O) groups is 1. The largest absolute Gasteiger partial charge is 0.457 e. The van der Waals surface area contributed by atoms with E-state index in [1.807, 2.05) is 13.0 Å². The minimum absolute atomic E-state index is 0.115. The molecule has 0 aliphatic carbocycles. The standard InChI is InChI=1S/C15H13Cl2NO2/c1-9-3-2-4-13(18)14(9)15(19)20-8-10-5-6-11(16)12(17)7-10/h2-7H,8,18H2,1H3. The average molecular weight is 310 g/mol. The molecule has 0 atom stereocenters. The first-order valence-corrected chi connectivity index (χ1v) is 6.71. The van der Waals surface area contributed by atoms with Gasteiger partial charge in [-0.3, -0.25) is 0 Å². The molecule has 0 saturated carbocycles. The van der Waals surface area contributed by atoms with Crippen LogP contribution in [0, 0.1) is 6.92 Å². The second-order valence-corrected chi connectivity index (χ2v) is 5.18. The van der Waals surface area contributed by atoms with Crippen LogP contribution in [-0.4, -0.2) is 5.97 Å². The lowest BCUT2D eigenvalue weighted by Gasteiger charge is -2.10. The predicted molar refractivity (Wildman–Crippen MR) is 81.2 cm³/mol. The van der Waals surface area contributed by atoms with Gasteiger partial charge in [0.05, 0.1) is 15.6 Å². The van der Waals surface area contributed by atoms with E-state index in [0.29, 0.717) is 21.3 Å². The van der Waals surface area contributed by atoms with Crippen molar-refractivity contribution in [3.63, 3.8) is 0 Å². The Bertz CT molecular complexity index is 636. The van der Waals surface area contributed by atoms with E-state index < -0.39 is 5.97 Å². The van der Waals surface area contributed by atoms with Gasteiger partial charge >= 0.3 is 5.97 Å². The first-order chi connectivity index (χ1) is 9.49. The van der Waals surface area contributed by atoms with E-state index in [0.717, 1.165) is 11.1 Å². The van der Waals surface area contributed by atoms with Crippen molar-refractivity contribution in [1.82, 2.24) is 0 Å². The van der Waals surface area contributed by atoms with Crippen molar-refractivity contribution in [2.24, 2.45) is 0 Å². The number of hydrogen-bond donors (Lipinski definition) is 1. The molecular weight excluding hydrogens is 297 g/mol. The van der Waals surface area contributed by atoms with Crippen LogP contribution in [0.5, 0.6) is 0 Å². The smallest absolute Gasteiger partial charge is 0.340 e. The summed E-state index contributed by atoms with van der Waals surface area (Å²) in [5.41, 5.74) is 8.14. The van der Waals surface area contributed by atoms with Crippen molar-refractivity contribution in [2.75, 3.05) is 5.73 Å². The molecule has 0 aromatic heterocycles. The van der Waals surface area contributed by atoms with Gasteiger partial charge in [0.15, 0.2) is 0 Å². The quantitative estimate of drug-likeness (QED) is 0.681. The molecular formula is C15H13Cl2NO2. The van der Waals surface area contributed by atoms with Gasteiger partial charge in [-0.05, 0) is 36.2 Å². The van der Waals surface area contributed by atoms with Gasteiger partial charge in [0.2, 0.25) is 0 Å². The van der Waals surface area contributed by atoms with E-state index in [1.165, 1.54) is 0 Å². The molecule has 0 radical (unpaired) electrons. The third-order valence-electron chi connectivity index (χ3n) is 2.86. The van der Waals surface area contributed by atoms with Gasteiger partial charge in [-0.2, -0.15) is 0 Å². The zero-order valence-corrected chi connectivity index (χ0v) is 12.3. The summed E-state index contributed by atoms with van der Waals surface area (Å²) in [6, 6.07) is 10.4. The molecule has 2 aromatic rings. The number of halogens is 2. The summed E-state index contributed by atoms with van der Waals surface area (Å²) < 4.78 is 5.25. The van der Waals surface area contributed by atoms with Crippen LogP contribution in [0.2, 0.25) is 10.0 Å². The Morgan fingerprint density at radius 3 is 2.60 bits per heavy atom. The molecule has 3 nitrogen and oxygen atoms in total. The van der Waals surface area contributed by atoms with Crippen LogP contribution in [0.4, 0.5) is 5.69 Å². The second-order valence-electron chi connectivity index (χ2n) is 4.36. The molecule has 2 rings (SSSR count). The third kappa shape index (κ3) is 3.24. The van der Waals surface area contributed by atoms with E-state index in [-0.39, 0.29) is 6.61 Å². The lowest BCUT2D eigenvalue weighted by molar-refractivity contribution is 0.0473. The number of rotatable bonds is 3. The maximum absolute atomic E-state index is 12.1. The van der Waals surface area contributed by atoms with E-state index >= 15 is 0 Å². The Balaban J connectivity index is 2.11. The monoisotopic (exact) mass is 309 g/mol. The van der Waals surface area contributed by atoms with Crippen LogP contribution in [0.3, 0.4) is 0 Å². The topological polar surface area (TPSA) is 52.3 Å². The number of nitrogen functional groups attached to an aromatic ring is 1. The Morgan fingerprint density at radius 1 is 1.20 bits per heavy atom. The highest BCUT2D eigenvalue weighted by Crippen LogP contribution is 2.23. The highest BCUT2D eigenvalue weighted by Gasteiger charge is 2.14. The van der Waals surface area contributed by atoms with Crippen LogP contribution >= 0.6 is 23.2 Å². The number of carbonyl (C=O) groups excluding carboxylic acids is 1. The van der Waals surface area contributed by atoms with E-state index in [1.54, 1.807) is 30.3 Å². The molecule has 0 amide bonds. The zero-order valence-electron chi connectivity index (χ0n) is 10.8. The van der Waals surface area contributed by atoms with Gasteiger partial charge in [0, 0.05) is 5.69 Å². The molecule has 0 fully saturated rings. The fraction of sp³-hybridized carbons (Fsp3) is 0.133. The lowest BCUT2D eigenvalue weighted by atomic mass is 10.1. The van der Waals surface area contributed by atoms with Crippen molar-refractivity contribution in [1.29, 1.82) is 0 Å². The number of hydrogen-bond acceptors (Lipinski definition) is 3. The molecule has 2 aromatic carbocycles. The molecule has 0 heterocycles. The van der Waals surface area contributed by atoms with Crippen LogP contribution in [-0.2, 0) is 11.3 Å². The highest BCUT2D eigenvalue weighted by molar-refractivity contribution is 6.42. The van der Waals surface area contributed by atoms with Crippen molar-refractivity contribution in [3.8, 4) is 0 Å². The Hall–Kier alpha value is -1.71. The van der Waals surface area contributed by atoms with Crippen LogP contribution in [0.1, 0.15) is 21.5 Å². The van der Waals surface area contributed by atoms with Crippen LogP contribution in [0.25, 0.3) is 0 Å². The fourth-order valence-corrected chi connectivity index (χ4v) is 2.14. The third-order valence-corrected chi connectivity index (χ3v) is 3.60. The molecule has 0 unspecified atom stereocenters. The van der Waals surface area contributed by atoms with Crippen molar-refractivity contribution < 1.29 is 9.53 Å². The molecule has 2 N–H and O–H groups in total. The van der Waals surface area contributed by atoms with Gasteiger partial charge in [-0.25, -0.2) is 4.79 Å². The summed E-state index contributed by atoms with van der Waals surface area (Å²) >= 11 is 11.7. The minimum atomic E-state index is -0.452. The maximum Gasteiger partial charge on any atom is 0.340 e. The Labute approximate surface area is 127 Å². The molecule has 0 saturated heterocycles. The van der Waals surface area contributed by atoms with Gasteiger partial charge in [-0.15, -0.1) is 0 Å². The van der Waals surface area contributed by atoms with Gasteiger partial charge in [0.25, 0.3) is 0 Å². The number of aryl methyl sites for hydroxylation is 1. The molecule has 0 aliphatic rings. The summed E-state index contributed by atoms with van der Waals surface area (Å²) in [6.45, 7) is 1.93. The molecule has 104 valence electrons. The second kappa shape index (κ2) is 6.16. The zero-order chi connectivity index (χ0) is 14.7. The van der Waals surface area contributed by atoms with Crippen molar-refractivity contribution in [2.45, 2.75) is 13.5 Å². The summed E-state index contributed by atoms with van der Waals surface area (Å²) in [6.07, 6.45) is 0. The summed E-state index contributed by atoms with van der Waals surface area (Å²) in [5.74, 6) is -0.452. The van der Waals surface area contributed by atoms with E-state index in [2.05, 4.69) is 0 Å². The normalized spacial score (nSPS) is 10.3. The molecule has 5 heteroatoms. The number of nitrogens with two attached hydrogens (primary N) is 1. The minimum Gasteiger partial charge on any atom is -0.457 e. The van der Waals surface area contributed by atoms with E-state index in [9.17, 15) is 4.79 Å². The van der Waals surface area contributed by atoms with Crippen LogP contribution in [0.15, 0.2) is 36.4 Å². The highest BCUT2D eigenvalue weighted by atomic mass is 35.5. The summed E-state index contributed by atoms with van der Waals surface area (Å²) in [5, 5.41) is 0.889. The Kier molecular flexibility index (Phi) is 4.53. The summed E-state index contributed by atoms with van der Waals surface area (Å²) in [4.78, 5) is 12.1. The molecule has 0 aliphatic heterocycles. The first-order valence-electron chi connectivity index (χ1n) is 5.95. The number of benzene rings is 2. The van der Waals surface area contributed by atoms with E-state index in [4.69, 9.17) is 33.7 Å². The predicted octanol–water partition coefficient (Wildman–Crippen LogP) is 4.24. The summed E-state index contributed by atoms with van der Waals surface area (Å²) in [7, 11) is 0. The Morgan fingerprint density at radius 2 is 1.95 bits per heavy atom. The fourth-order valence-electron chi connectivity index (χ4n) is 1.82. The lowest BCUT2D eigenvalue weighted by Crippen LogP contribution is -2.10. The van der Waals surface area contributed by atoms with Gasteiger partial charge < -0.3 is 10.5 Å². The average Bonchev–Trinajstić information content (AvgIpc) is 2.40. The maximum atomic E-state index is 12.1. The first kappa shape index (κ1) is 14.7. The van der Waals surface area contributed by atoms with Crippen LogP contribution < -0.4 is 5.73 Å². The molecule has 0 spiro atoms. The number of anilines is 1.